The smallest absolute Gasteiger partial charge is 0.416 e. The number of carbonyl (C=O) groups excluding carboxylic acids is 1. The molecule has 3 aromatic rings. The third-order valence-corrected chi connectivity index (χ3v) is 4.92. The van der Waals surface area contributed by atoms with Crippen molar-refractivity contribution in [1.29, 1.82) is 0 Å². The van der Waals surface area contributed by atoms with Crippen molar-refractivity contribution in [3.05, 3.63) is 47.7 Å². The number of hydrogen-bond acceptors (Lipinski definition) is 9. The van der Waals surface area contributed by atoms with Gasteiger partial charge in [-0.25, -0.2) is 14.2 Å². The van der Waals surface area contributed by atoms with E-state index in [1.807, 2.05) is 0 Å². The highest BCUT2D eigenvalue weighted by molar-refractivity contribution is 5.89. The summed E-state index contributed by atoms with van der Waals surface area (Å²) in [7, 11) is 0. The molecule has 3 heterocycles. The lowest BCUT2D eigenvalue weighted by Crippen LogP contribution is -2.41. The van der Waals surface area contributed by atoms with Crippen LogP contribution in [0.15, 0.2) is 35.0 Å². The zero-order valence-corrected chi connectivity index (χ0v) is 17.1. The van der Waals surface area contributed by atoms with E-state index in [0.29, 0.717) is 22.8 Å². The second kappa shape index (κ2) is 8.26. The molecule has 0 saturated carbocycles. The number of cyclic esters (lactones) is 1. The summed E-state index contributed by atoms with van der Waals surface area (Å²) in [6.45, 7) is 5.10. The highest BCUT2D eigenvalue weighted by Crippen LogP contribution is 2.25. The van der Waals surface area contributed by atoms with Gasteiger partial charge in [-0.3, -0.25) is 4.90 Å². The van der Waals surface area contributed by atoms with E-state index in [9.17, 15) is 14.3 Å². The molecule has 4 rings (SSSR count). The summed E-state index contributed by atoms with van der Waals surface area (Å²) in [4.78, 5) is 26.2. The quantitative estimate of drug-likeness (QED) is 0.609. The van der Waals surface area contributed by atoms with Crippen molar-refractivity contribution < 1.29 is 23.6 Å². The molecule has 0 spiro atoms. The van der Waals surface area contributed by atoms with E-state index in [-0.39, 0.29) is 24.3 Å². The molecule has 2 aromatic heterocycles. The molecule has 2 N–H and O–H groups in total. The largest absolute Gasteiger partial charge is 0.447 e. The van der Waals surface area contributed by atoms with Gasteiger partial charge < -0.3 is 19.7 Å². The fraction of sp³-hybridized carbons (Fsp3) is 0.350. The number of aliphatic hydroxyl groups excluding tert-OH is 1. The molecule has 11 heteroatoms. The molecule has 1 amide bonds. The average molecular weight is 428 g/mol. The molecule has 2 unspecified atom stereocenters. The highest BCUT2D eigenvalue weighted by Gasteiger charge is 2.38. The number of aromatic nitrogens is 4. The number of carbonyl (C=O) groups is 1. The van der Waals surface area contributed by atoms with Gasteiger partial charge in [-0.1, -0.05) is 5.16 Å². The van der Waals surface area contributed by atoms with Gasteiger partial charge in [-0.2, -0.15) is 9.97 Å². The lowest BCUT2D eigenvalue weighted by Gasteiger charge is -2.22. The minimum absolute atomic E-state index is 0.0767. The third kappa shape index (κ3) is 4.17. The Bertz CT molecular complexity index is 1100. The van der Waals surface area contributed by atoms with Gasteiger partial charge in [0.1, 0.15) is 30.3 Å². The molecule has 3 atom stereocenters. The van der Waals surface area contributed by atoms with Gasteiger partial charge in [0.25, 0.3) is 0 Å². The second-order valence-electron chi connectivity index (χ2n) is 7.28. The number of aliphatic hydroxyl groups is 1. The normalized spacial score (nSPS) is 18.0. The number of rotatable bonds is 6. The Morgan fingerprint density at radius 1 is 1.29 bits per heavy atom. The van der Waals surface area contributed by atoms with Crippen LogP contribution in [0.1, 0.15) is 31.3 Å². The Labute approximate surface area is 177 Å². The zero-order chi connectivity index (χ0) is 22.1. The van der Waals surface area contributed by atoms with Gasteiger partial charge in [0.2, 0.25) is 17.7 Å². The fourth-order valence-electron chi connectivity index (χ4n) is 3.17. The van der Waals surface area contributed by atoms with Gasteiger partial charge in [0.15, 0.2) is 0 Å². The molecule has 10 nitrogen and oxygen atoms in total. The van der Waals surface area contributed by atoms with Crippen molar-refractivity contribution in [3.8, 4) is 11.4 Å². The van der Waals surface area contributed by atoms with Crippen LogP contribution < -0.4 is 10.2 Å². The summed E-state index contributed by atoms with van der Waals surface area (Å²) in [5.74, 6) is 0.839. The minimum Gasteiger partial charge on any atom is -0.447 e. The van der Waals surface area contributed by atoms with E-state index >= 15 is 0 Å². The first-order valence-electron chi connectivity index (χ1n) is 9.67. The van der Waals surface area contributed by atoms with Gasteiger partial charge in [0, 0.05) is 11.8 Å². The average Bonchev–Trinajstić information content (AvgIpc) is 3.37. The monoisotopic (exact) mass is 428 g/mol. The van der Waals surface area contributed by atoms with Crippen molar-refractivity contribution >= 4 is 17.9 Å². The van der Waals surface area contributed by atoms with Crippen molar-refractivity contribution in [2.24, 2.45) is 0 Å². The Kier molecular flexibility index (Phi) is 5.51. The number of anilines is 2. The Balaban J connectivity index is 1.51. The minimum atomic E-state index is -0.788. The van der Waals surface area contributed by atoms with Crippen molar-refractivity contribution in [3.63, 3.8) is 0 Å². The number of hydrogen-bond donors (Lipinski definition) is 2. The first-order chi connectivity index (χ1) is 14.8. The molecule has 162 valence electrons. The summed E-state index contributed by atoms with van der Waals surface area (Å²) < 4.78 is 23.9. The third-order valence-electron chi connectivity index (χ3n) is 4.92. The number of nitrogens with one attached hydrogen (secondary N) is 1. The number of benzene rings is 1. The number of nitrogens with zero attached hydrogens (tertiary/aromatic N) is 5. The highest BCUT2D eigenvalue weighted by atomic mass is 19.1. The van der Waals surface area contributed by atoms with Gasteiger partial charge >= 0.3 is 6.09 Å². The molecule has 0 bridgehead atoms. The maximum absolute atomic E-state index is 13.5. The van der Waals surface area contributed by atoms with Crippen LogP contribution in [0.5, 0.6) is 0 Å². The van der Waals surface area contributed by atoms with Crippen LogP contribution in [0.3, 0.4) is 0 Å². The molecule has 1 fully saturated rings. The van der Waals surface area contributed by atoms with Crippen LogP contribution in [0.25, 0.3) is 11.4 Å². The maximum atomic E-state index is 13.5. The Morgan fingerprint density at radius 2 is 2.10 bits per heavy atom. The lowest BCUT2D eigenvalue weighted by molar-refractivity contribution is 0.142. The van der Waals surface area contributed by atoms with E-state index in [0.717, 1.165) is 0 Å². The summed E-state index contributed by atoms with van der Waals surface area (Å²) in [6, 6.07) is 5.14. The van der Waals surface area contributed by atoms with Crippen LogP contribution in [0, 0.1) is 12.7 Å². The van der Waals surface area contributed by atoms with Crippen molar-refractivity contribution in [2.45, 2.75) is 39.0 Å². The summed E-state index contributed by atoms with van der Waals surface area (Å²) in [6.07, 6.45) is 0.117. The SMILES string of the molecule is Cc1cc(-c2noc(C(C)Nc3nccc(N4C(=O)OCC4[C@@H](C)O)n3)n2)ccc1F. The second-order valence-corrected chi connectivity index (χ2v) is 7.28. The van der Waals surface area contributed by atoms with Crippen LogP contribution in [-0.4, -0.2) is 50.1 Å². The summed E-state index contributed by atoms with van der Waals surface area (Å²) >= 11 is 0. The van der Waals surface area contributed by atoms with Crippen LogP contribution >= 0.6 is 0 Å². The first kappa shape index (κ1) is 20.7. The topological polar surface area (TPSA) is 127 Å². The molecule has 1 aliphatic heterocycles. The van der Waals surface area contributed by atoms with Crippen molar-refractivity contribution in [1.82, 2.24) is 20.1 Å². The molecular weight excluding hydrogens is 407 g/mol. The standard InChI is InChI=1S/C20H21FN6O4/c1-10-8-13(4-5-14(10)21)17-25-18(31-26-17)11(2)23-19-22-7-6-16(24-19)27-15(12(3)28)9-30-20(27)29/h4-8,11-12,15,28H,9H2,1-3H3,(H,22,23,24)/t11?,12-,15?/m1/s1. The van der Waals surface area contributed by atoms with Crippen LogP contribution in [0.2, 0.25) is 0 Å². The molecule has 0 radical (unpaired) electrons. The Hall–Kier alpha value is -3.60. The Morgan fingerprint density at radius 3 is 2.84 bits per heavy atom. The van der Waals surface area contributed by atoms with E-state index in [1.54, 1.807) is 39.0 Å². The van der Waals surface area contributed by atoms with Gasteiger partial charge in [-0.05, 0) is 50.6 Å². The van der Waals surface area contributed by atoms with Gasteiger partial charge in [-0.15, -0.1) is 0 Å². The van der Waals surface area contributed by atoms with Crippen LogP contribution in [-0.2, 0) is 4.74 Å². The predicted molar refractivity (Wildman–Crippen MR) is 108 cm³/mol. The van der Waals surface area contributed by atoms with Gasteiger partial charge in [0.05, 0.1) is 6.10 Å². The summed E-state index contributed by atoms with van der Waals surface area (Å²) in [5, 5.41) is 16.9. The lowest BCUT2D eigenvalue weighted by atomic mass is 10.1. The van der Waals surface area contributed by atoms with Crippen LogP contribution in [0.4, 0.5) is 21.0 Å². The molecule has 1 saturated heterocycles. The van der Waals surface area contributed by atoms with Crippen molar-refractivity contribution in [2.75, 3.05) is 16.8 Å². The molecule has 1 aromatic carbocycles. The van der Waals surface area contributed by atoms with E-state index < -0.39 is 24.3 Å². The molecule has 31 heavy (non-hydrogen) atoms. The molecule has 1 aliphatic rings. The predicted octanol–water partition coefficient (Wildman–Crippen LogP) is 2.85. The number of ether oxygens (including phenoxy) is 1. The maximum Gasteiger partial charge on any atom is 0.416 e. The molecular formula is C20H21FN6O4. The van der Waals surface area contributed by atoms with E-state index in [1.165, 1.54) is 17.2 Å². The van der Waals surface area contributed by atoms with E-state index in [4.69, 9.17) is 9.26 Å². The number of aryl methyl sites for hydroxylation is 1. The number of amides is 1. The zero-order valence-electron chi connectivity index (χ0n) is 17.1. The molecule has 0 aliphatic carbocycles. The number of halogens is 1. The summed E-state index contributed by atoms with van der Waals surface area (Å²) in [5.41, 5.74) is 1.12. The van der Waals surface area contributed by atoms with E-state index in [2.05, 4.69) is 25.4 Å². The first-order valence-corrected chi connectivity index (χ1v) is 9.67. The fourth-order valence-corrected chi connectivity index (χ4v) is 3.17.